The van der Waals surface area contributed by atoms with Crippen molar-refractivity contribution in [2.45, 2.75) is 0 Å². The van der Waals surface area contributed by atoms with Crippen molar-refractivity contribution in [1.29, 1.82) is 0 Å². The molecule has 0 radical (unpaired) electrons. The van der Waals surface area contributed by atoms with E-state index in [0.717, 1.165) is 50.7 Å². The minimum absolute atomic E-state index is 0.812. The van der Waals surface area contributed by atoms with Gasteiger partial charge in [0.1, 0.15) is 11.3 Å². The van der Waals surface area contributed by atoms with E-state index >= 15 is 0 Å². The number of ether oxygens (including phenoxy) is 1. The molecule has 0 saturated heterocycles. The van der Waals surface area contributed by atoms with Gasteiger partial charge < -0.3 is 4.74 Å². The maximum absolute atomic E-state index is 6.61. The maximum Gasteiger partial charge on any atom is 0.153 e. The van der Waals surface area contributed by atoms with Crippen LogP contribution in [0.4, 0.5) is 0 Å². The third kappa shape index (κ3) is 3.29. The van der Waals surface area contributed by atoms with Crippen LogP contribution in [0.15, 0.2) is 140 Å². The summed E-state index contributed by atoms with van der Waals surface area (Å²) in [6.07, 6.45) is 3.78. The van der Waals surface area contributed by atoms with Crippen molar-refractivity contribution in [2.75, 3.05) is 0 Å². The molecule has 1 aliphatic rings. The van der Waals surface area contributed by atoms with Crippen LogP contribution in [0.2, 0.25) is 0 Å². The van der Waals surface area contributed by atoms with Crippen molar-refractivity contribution < 1.29 is 4.74 Å². The monoisotopic (exact) mass is 537 g/mol. The third-order valence-corrected chi connectivity index (χ3v) is 8.26. The summed E-state index contributed by atoms with van der Waals surface area (Å²) in [4.78, 5) is 9.47. The van der Waals surface area contributed by atoms with Crippen molar-refractivity contribution in [3.05, 3.63) is 140 Å². The standard InChI is InChI=1S/C38H23N3O/c1-2-10-24(11-3-1)38-40-31-17-8-18-33-37(31)41(38)32-20-19-25(22-34(32)42-33)35-27-13-4-6-15-29(27)36(26-12-9-21-39-23-26)30-16-7-5-14-28(30)35/h1-23H. The Morgan fingerprint density at radius 2 is 1.19 bits per heavy atom. The molecular weight excluding hydrogens is 514 g/mol. The lowest BCUT2D eigenvalue weighted by molar-refractivity contribution is 0.476. The highest BCUT2D eigenvalue weighted by Crippen LogP contribution is 2.48. The highest BCUT2D eigenvalue weighted by Gasteiger charge is 2.26. The lowest BCUT2D eigenvalue weighted by atomic mass is 9.86. The Hall–Kier alpha value is -5.74. The van der Waals surface area contributed by atoms with Crippen molar-refractivity contribution in [1.82, 2.24) is 14.5 Å². The van der Waals surface area contributed by atoms with Crippen molar-refractivity contribution in [2.24, 2.45) is 0 Å². The van der Waals surface area contributed by atoms with E-state index in [-0.39, 0.29) is 0 Å². The van der Waals surface area contributed by atoms with Gasteiger partial charge in [0.25, 0.3) is 0 Å². The minimum atomic E-state index is 0.812. The van der Waals surface area contributed by atoms with Gasteiger partial charge >= 0.3 is 0 Å². The summed E-state index contributed by atoms with van der Waals surface area (Å²) in [6, 6.07) is 44.5. The van der Waals surface area contributed by atoms with Crippen LogP contribution < -0.4 is 4.74 Å². The molecule has 0 spiro atoms. The Morgan fingerprint density at radius 3 is 1.88 bits per heavy atom. The molecule has 0 saturated carbocycles. The number of aromatic nitrogens is 3. The fourth-order valence-corrected chi connectivity index (χ4v) is 6.51. The molecule has 6 aromatic carbocycles. The Morgan fingerprint density at radius 1 is 0.524 bits per heavy atom. The molecule has 0 aliphatic carbocycles. The first-order valence-corrected chi connectivity index (χ1v) is 14.1. The summed E-state index contributed by atoms with van der Waals surface area (Å²) in [7, 11) is 0. The molecule has 4 heteroatoms. The van der Waals surface area contributed by atoms with E-state index < -0.39 is 0 Å². The van der Waals surface area contributed by atoms with E-state index in [0.29, 0.717) is 0 Å². The van der Waals surface area contributed by atoms with Gasteiger partial charge in [-0.05, 0) is 68.6 Å². The smallest absolute Gasteiger partial charge is 0.153 e. The summed E-state index contributed by atoms with van der Waals surface area (Å²) in [6.45, 7) is 0. The maximum atomic E-state index is 6.61. The number of benzene rings is 6. The average Bonchev–Trinajstić information content (AvgIpc) is 3.45. The minimum Gasteiger partial charge on any atom is -0.453 e. The quantitative estimate of drug-likeness (QED) is 0.211. The zero-order valence-electron chi connectivity index (χ0n) is 22.5. The molecule has 2 aromatic heterocycles. The number of para-hydroxylation sites is 1. The molecule has 0 N–H and O–H groups in total. The van der Waals surface area contributed by atoms with Gasteiger partial charge in [0, 0.05) is 23.5 Å². The second-order valence-electron chi connectivity index (χ2n) is 10.6. The molecule has 0 amide bonds. The second kappa shape index (κ2) is 8.88. The highest BCUT2D eigenvalue weighted by atomic mass is 16.5. The number of nitrogens with zero attached hydrogens (tertiary/aromatic N) is 3. The summed E-state index contributed by atoms with van der Waals surface area (Å²) >= 11 is 0. The van der Waals surface area contributed by atoms with Crippen LogP contribution in [0.3, 0.4) is 0 Å². The van der Waals surface area contributed by atoms with Gasteiger partial charge in [-0.3, -0.25) is 9.55 Å². The van der Waals surface area contributed by atoms with E-state index in [1.807, 2.05) is 42.7 Å². The first-order valence-electron chi connectivity index (χ1n) is 14.1. The molecule has 0 fully saturated rings. The van der Waals surface area contributed by atoms with Gasteiger partial charge in [0.15, 0.2) is 11.5 Å². The molecular formula is C38H23N3O. The summed E-state index contributed by atoms with van der Waals surface area (Å²) < 4.78 is 8.85. The number of hydrogen-bond donors (Lipinski definition) is 0. The zero-order chi connectivity index (χ0) is 27.6. The molecule has 196 valence electrons. The number of imidazole rings is 1. The molecule has 0 atom stereocenters. The van der Waals surface area contributed by atoms with E-state index in [4.69, 9.17) is 9.72 Å². The molecule has 42 heavy (non-hydrogen) atoms. The Labute approximate surface area is 242 Å². The number of pyridine rings is 1. The number of fused-ring (bicyclic) bond motifs is 4. The summed E-state index contributed by atoms with van der Waals surface area (Å²) in [5.41, 5.74) is 8.58. The van der Waals surface area contributed by atoms with Gasteiger partial charge in [-0.2, -0.15) is 0 Å². The zero-order valence-corrected chi connectivity index (χ0v) is 22.5. The summed E-state index contributed by atoms with van der Waals surface area (Å²) in [5, 5.41) is 4.79. The largest absolute Gasteiger partial charge is 0.453 e. The van der Waals surface area contributed by atoms with Crippen LogP contribution in [0.5, 0.6) is 11.5 Å². The van der Waals surface area contributed by atoms with Crippen LogP contribution in [0.1, 0.15) is 0 Å². The predicted molar refractivity (Wildman–Crippen MR) is 170 cm³/mol. The van der Waals surface area contributed by atoms with E-state index in [2.05, 4.69) is 107 Å². The van der Waals surface area contributed by atoms with Crippen molar-refractivity contribution in [3.8, 4) is 50.8 Å². The Bertz CT molecular complexity index is 2260. The van der Waals surface area contributed by atoms with Gasteiger partial charge in [0.05, 0.1) is 11.2 Å². The molecule has 9 rings (SSSR count). The topological polar surface area (TPSA) is 39.9 Å². The van der Waals surface area contributed by atoms with Crippen LogP contribution >= 0.6 is 0 Å². The summed E-state index contributed by atoms with van der Waals surface area (Å²) in [5.74, 6) is 2.53. The number of hydrogen-bond acceptors (Lipinski definition) is 3. The normalized spacial score (nSPS) is 12.0. The third-order valence-electron chi connectivity index (χ3n) is 8.26. The first-order chi connectivity index (χ1) is 20.8. The van der Waals surface area contributed by atoms with Crippen LogP contribution in [0.25, 0.3) is 71.9 Å². The molecule has 0 bridgehead atoms. The van der Waals surface area contributed by atoms with Gasteiger partial charge in [-0.1, -0.05) is 97.1 Å². The van der Waals surface area contributed by atoms with Crippen molar-refractivity contribution >= 4 is 32.6 Å². The Balaban J connectivity index is 1.32. The fourth-order valence-electron chi connectivity index (χ4n) is 6.51. The van der Waals surface area contributed by atoms with Gasteiger partial charge in [-0.15, -0.1) is 0 Å². The fraction of sp³-hybridized carbons (Fsp3) is 0. The van der Waals surface area contributed by atoms with E-state index in [1.54, 1.807) is 0 Å². The average molecular weight is 538 g/mol. The highest BCUT2D eigenvalue weighted by molar-refractivity contribution is 6.21. The Kier molecular flexibility index (Phi) is 4.87. The van der Waals surface area contributed by atoms with Crippen LogP contribution in [-0.2, 0) is 0 Å². The van der Waals surface area contributed by atoms with Crippen molar-refractivity contribution in [3.63, 3.8) is 0 Å². The second-order valence-corrected chi connectivity index (χ2v) is 10.6. The van der Waals surface area contributed by atoms with Gasteiger partial charge in [0.2, 0.25) is 0 Å². The molecule has 1 aliphatic heterocycles. The van der Waals surface area contributed by atoms with Crippen LogP contribution in [0, 0.1) is 0 Å². The lowest BCUT2D eigenvalue weighted by Crippen LogP contribution is -2.06. The first kappa shape index (κ1) is 23.0. The molecule has 3 heterocycles. The molecule has 4 nitrogen and oxygen atoms in total. The van der Waals surface area contributed by atoms with E-state index in [9.17, 15) is 0 Å². The number of rotatable bonds is 3. The van der Waals surface area contributed by atoms with E-state index in [1.165, 1.54) is 32.7 Å². The molecule has 8 aromatic rings. The SMILES string of the molecule is c1ccc(-c2nc3cccc4c3n2-c2ccc(-c3c5ccccc5c(-c5cccnc5)c5ccccc35)cc2O4)cc1. The van der Waals surface area contributed by atoms with Crippen LogP contribution in [-0.4, -0.2) is 14.5 Å². The predicted octanol–water partition coefficient (Wildman–Crippen LogP) is 9.83. The van der Waals surface area contributed by atoms with Gasteiger partial charge in [-0.25, -0.2) is 4.98 Å². The lowest BCUT2D eigenvalue weighted by Gasteiger charge is -2.23. The molecule has 0 unspecified atom stereocenters.